The number of hydrogen-bond donors (Lipinski definition) is 0. The molecule has 0 heteroatoms. The Morgan fingerprint density at radius 3 is 1.12 bits per heavy atom. The van der Waals surface area contributed by atoms with E-state index in [1.807, 2.05) is 0 Å². The summed E-state index contributed by atoms with van der Waals surface area (Å²) in [6, 6.07) is 46.4. The van der Waals surface area contributed by atoms with Crippen molar-refractivity contribution >= 4 is 12.2 Å². The third-order valence-corrected chi connectivity index (χ3v) is 10.8. The molecule has 0 saturated carbocycles. The molecule has 0 spiro atoms. The topological polar surface area (TPSA) is 0 Å². The number of aryl methyl sites for hydroxylation is 6. The van der Waals surface area contributed by atoms with Crippen molar-refractivity contribution in [3.05, 3.63) is 199 Å². The van der Waals surface area contributed by atoms with E-state index in [2.05, 4.69) is 175 Å². The van der Waals surface area contributed by atoms with Gasteiger partial charge in [0.15, 0.2) is 0 Å². The largest absolute Gasteiger partial charge is 0.0634 e. The van der Waals surface area contributed by atoms with Crippen LogP contribution >= 0.6 is 0 Å². The second-order valence-electron chi connectivity index (χ2n) is 14.7. The minimum atomic E-state index is -0.432. The number of allylic oxidation sites excluding steroid dienone is 2. The first-order chi connectivity index (χ1) is 23.7. The molecular formula is C49H44. The molecule has 0 amide bonds. The van der Waals surface area contributed by atoms with Gasteiger partial charge in [0.25, 0.3) is 0 Å². The highest BCUT2D eigenvalue weighted by molar-refractivity contribution is 5.87. The molecule has 6 aromatic carbocycles. The smallest absolute Gasteiger partial charge is 0.0613 e. The van der Waals surface area contributed by atoms with E-state index in [1.54, 1.807) is 0 Å². The van der Waals surface area contributed by atoms with Gasteiger partial charge in [-0.15, -0.1) is 0 Å². The highest BCUT2D eigenvalue weighted by atomic mass is 14.5. The van der Waals surface area contributed by atoms with Gasteiger partial charge < -0.3 is 0 Å². The van der Waals surface area contributed by atoms with Gasteiger partial charge in [-0.2, -0.15) is 0 Å². The van der Waals surface area contributed by atoms with Crippen molar-refractivity contribution in [3.8, 4) is 22.3 Å². The van der Waals surface area contributed by atoms with Crippen LogP contribution in [0, 0.1) is 41.5 Å². The van der Waals surface area contributed by atoms with Crippen LogP contribution < -0.4 is 0 Å². The zero-order chi connectivity index (χ0) is 33.9. The van der Waals surface area contributed by atoms with E-state index in [4.69, 9.17) is 0 Å². The summed E-state index contributed by atoms with van der Waals surface area (Å²) in [5.74, 6) is 0. The molecule has 49 heavy (non-hydrogen) atoms. The molecule has 0 N–H and O–H groups in total. The first-order valence-corrected chi connectivity index (χ1v) is 17.7. The molecule has 0 aliphatic heterocycles. The fraction of sp³-hybridized carbons (Fsp3) is 0.184. The Labute approximate surface area is 292 Å². The Kier molecular flexibility index (Phi) is 7.64. The SMILES string of the molecule is Cc1ccc(C(C2=Cc3c(cccc3-c3cc(C)cc(C)c3)C2)(C2=Cc3c(cccc3-c3cc(C)cc(C)c3)C2)c2ccc(C)cc2)cc1. The number of hydrogen-bond acceptors (Lipinski definition) is 0. The van der Waals surface area contributed by atoms with Gasteiger partial charge in [0, 0.05) is 0 Å². The molecule has 6 aromatic rings. The van der Waals surface area contributed by atoms with E-state index in [-0.39, 0.29) is 0 Å². The van der Waals surface area contributed by atoms with E-state index in [9.17, 15) is 0 Å². The summed E-state index contributed by atoms with van der Waals surface area (Å²) in [5.41, 5.74) is 23.7. The number of fused-ring (bicyclic) bond motifs is 2. The van der Waals surface area contributed by atoms with Crippen LogP contribution in [0.4, 0.5) is 0 Å². The third kappa shape index (κ3) is 5.41. The first-order valence-electron chi connectivity index (χ1n) is 17.7. The van der Waals surface area contributed by atoms with Gasteiger partial charge in [-0.05, 0) is 121 Å². The van der Waals surface area contributed by atoms with Crippen LogP contribution in [0.5, 0.6) is 0 Å². The summed E-state index contributed by atoms with van der Waals surface area (Å²) in [6.07, 6.45) is 6.92. The lowest BCUT2D eigenvalue weighted by molar-refractivity contribution is 0.684. The molecule has 0 heterocycles. The Bertz CT molecular complexity index is 2100. The molecule has 0 atom stereocenters. The molecule has 0 radical (unpaired) electrons. The van der Waals surface area contributed by atoms with Gasteiger partial charge >= 0.3 is 0 Å². The zero-order valence-corrected chi connectivity index (χ0v) is 29.6. The molecule has 0 fully saturated rings. The number of benzene rings is 6. The van der Waals surface area contributed by atoms with Gasteiger partial charge in [-0.25, -0.2) is 0 Å². The molecule has 8 rings (SSSR count). The lowest BCUT2D eigenvalue weighted by Gasteiger charge is -2.39. The Balaban J connectivity index is 1.40. The van der Waals surface area contributed by atoms with Gasteiger partial charge in [0.1, 0.15) is 0 Å². The van der Waals surface area contributed by atoms with E-state index in [0.717, 1.165) is 12.8 Å². The normalized spacial score (nSPS) is 13.6. The average Bonchev–Trinajstić information content (AvgIpc) is 3.71. The van der Waals surface area contributed by atoms with Crippen LogP contribution in [0.15, 0.2) is 132 Å². The maximum atomic E-state index is 2.55. The minimum absolute atomic E-state index is 0.432. The van der Waals surface area contributed by atoms with Crippen molar-refractivity contribution in [1.29, 1.82) is 0 Å². The van der Waals surface area contributed by atoms with Crippen LogP contribution in [0.2, 0.25) is 0 Å². The van der Waals surface area contributed by atoms with Gasteiger partial charge in [-0.3, -0.25) is 0 Å². The van der Waals surface area contributed by atoms with Gasteiger partial charge in [-0.1, -0.05) is 167 Å². The standard InChI is InChI=1S/C49H44/c1-31-13-17-41(18-14-31)49(42-19-15-32(2)16-20-42,43-27-37-9-7-11-45(47(37)29-43)39-23-33(3)21-34(4)24-39)44-28-38-10-8-12-46(48(38)30-44)40-25-35(5)22-36(6)26-40/h7-26,29-30H,27-28H2,1-6H3. The predicted octanol–water partition coefficient (Wildman–Crippen LogP) is 12.4. The zero-order valence-electron chi connectivity index (χ0n) is 29.6. The Morgan fingerprint density at radius 1 is 0.388 bits per heavy atom. The molecular weight excluding hydrogens is 589 g/mol. The van der Waals surface area contributed by atoms with Crippen LogP contribution in [0.3, 0.4) is 0 Å². The summed E-state index contributed by atoms with van der Waals surface area (Å²) >= 11 is 0. The molecule has 0 bridgehead atoms. The average molecular weight is 633 g/mol. The lowest BCUT2D eigenvalue weighted by Crippen LogP contribution is -2.33. The van der Waals surface area contributed by atoms with Crippen LogP contribution in [-0.2, 0) is 18.3 Å². The van der Waals surface area contributed by atoms with Crippen LogP contribution in [0.1, 0.15) is 66.8 Å². The van der Waals surface area contributed by atoms with Gasteiger partial charge in [0.2, 0.25) is 0 Å². The number of rotatable bonds is 6. The Hall–Kier alpha value is -5.20. The summed E-state index contributed by atoms with van der Waals surface area (Å²) in [7, 11) is 0. The predicted molar refractivity (Wildman–Crippen MR) is 209 cm³/mol. The third-order valence-electron chi connectivity index (χ3n) is 10.8. The summed E-state index contributed by atoms with van der Waals surface area (Å²) in [5, 5.41) is 0. The van der Waals surface area contributed by atoms with Gasteiger partial charge in [0.05, 0.1) is 5.41 Å². The molecule has 0 nitrogen and oxygen atoms in total. The summed E-state index contributed by atoms with van der Waals surface area (Å²) in [4.78, 5) is 0. The van der Waals surface area contributed by atoms with E-state index in [1.165, 1.54) is 100 Å². The van der Waals surface area contributed by atoms with Crippen molar-refractivity contribution in [2.24, 2.45) is 0 Å². The minimum Gasteiger partial charge on any atom is -0.0613 e. The first kappa shape index (κ1) is 31.1. The maximum absolute atomic E-state index is 2.55. The van der Waals surface area contributed by atoms with Crippen LogP contribution in [0.25, 0.3) is 34.4 Å². The summed E-state index contributed by atoms with van der Waals surface area (Å²) < 4.78 is 0. The molecule has 2 aliphatic carbocycles. The molecule has 240 valence electrons. The van der Waals surface area contributed by atoms with Crippen molar-refractivity contribution in [2.45, 2.75) is 59.8 Å². The second-order valence-corrected chi connectivity index (χ2v) is 14.7. The molecule has 0 aromatic heterocycles. The molecule has 2 aliphatic rings. The molecule has 0 saturated heterocycles. The fourth-order valence-corrected chi connectivity index (χ4v) is 8.70. The quantitative estimate of drug-likeness (QED) is 0.171. The van der Waals surface area contributed by atoms with E-state index < -0.39 is 5.41 Å². The van der Waals surface area contributed by atoms with Crippen molar-refractivity contribution in [2.75, 3.05) is 0 Å². The fourth-order valence-electron chi connectivity index (χ4n) is 8.70. The lowest BCUT2D eigenvalue weighted by atomic mass is 9.63. The second kappa shape index (κ2) is 12.0. The van der Waals surface area contributed by atoms with Crippen LogP contribution in [-0.4, -0.2) is 0 Å². The Morgan fingerprint density at radius 2 is 0.755 bits per heavy atom. The highest BCUT2D eigenvalue weighted by Gasteiger charge is 2.45. The van der Waals surface area contributed by atoms with Crippen molar-refractivity contribution in [3.63, 3.8) is 0 Å². The van der Waals surface area contributed by atoms with E-state index in [0.29, 0.717) is 0 Å². The van der Waals surface area contributed by atoms with Crippen molar-refractivity contribution in [1.82, 2.24) is 0 Å². The maximum Gasteiger partial charge on any atom is 0.0634 e. The monoisotopic (exact) mass is 632 g/mol. The molecule has 0 unspecified atom stereocenters. The highest BCUT2D eigenvalue weighted by Crippen LogP contribution is 2.54. The van der Waals surface area contributed by atoms with E-state index >= 15 is 0 Å². The summed E-state index contributed by atoms with van der Waals surface area (Å²) in [6.45, 7) is 13.2. The van der Waals surface area contributed by atoms with Crippen molar-refractivity contribution < 1.29 is 0 Å².